The summed E-state index contributed by atoms with van der Waals surface area (Å²) in [6.45, 7) is 14.6. The van der Waals surface area contributed by atoms with Crippen LogP contribution in [-0.4, -0.2) is 49.7 Å². The van der Waals surface area contributed by atoms with Gasteiger partial charge in [0, 0.05) is 53.8 Å². The van der Waals surface area contributed by atoms with Gasteiger partial charge in [-0.05, 0) is 101 Å². The monoisotopic (exact) mass is 730 g/mol. The Labute approximate surface area is 321 Å². The van der Waals surface area contributed by atoms with Gasteiger partial charge in [-0.1, -0.05) is 66.2 Å². The average Bonchev–Trinajstić information content (AvgIpc) is 4.02. The van der Waals surface area contributed by atoms with Crippen LogP contribution in [0.3, 0.4) is 0 Å². The minimum absolute atomic E-state index is 1.06. The zero-order valence-corrected chi connectivity index (χ0v) is 33.5. The largest absolute Gasteiger partial charge is 0.282 e. The lowest BCUT2D eigenvalue weighted by molar-refractivity contribution is 0.794. The molecule has 0 aliphatic carbocycles. The first-order chi connectivity index (χ1) is 26.4. The summed E-state index contributed by atoms with van der Waals surface area (Å²) in [5, 5.41) is 32.6. The third-order valence-corrected chi connectivity index (χ3v) is 9.89. The molecule has 5 heterocycles. The van der Waals surface area contributed by atoms with Crippen molar-refractivity contribution in [2.75, 3.05) is 0 Å². The van der Waals surface area contributed by atoms with E-state index in [1.807, 2.05) is 79.0 Å². The van der Waals surface area contributed by atoms with E-state index in [0.29, 0.717) is 0 Å². The second-order valence-corrected chi connectivity index (χ2v) is 14.1. The number of para-hydroxylation sites is 1. The van der Waals surface area contributed by atoms with Crippen LogP contribution in [0, 0.1) is 48.5 Å². The molecule has 0 amide bonds. The Hall–Kier alpha value is -6.55. The molecule has 0 fully saturated rings. The lowest BCUT2D eigenvalue weighted by Gasteiger charge is -1.98. The molecule has 0 atom stereocenters. The van der Waals surface area contributed by atoms with E-state index in [9.17, 15) is 0 Å². The lowest BCUT2D eigenvalue weighted by atomic mass is 10.1. The summed E-state index contributed by atoms with van der Waals surface area (Å²) in [5.74, 6) is 0. The van der Waals surface area contributed by atoms with Crippen molar-refractivity contribution in [2.45, 2.75) is 48.5 Å². The quantitative estimate of drug-likeness (QED) is 0.161. The van der Waals surface area contributed by atoms with Crippen LogP contribution in [0.25, 0.3) is 54.5 Å². The first-order valence-corrected chi connectivity index (χ1v) is 18.3. The number of rotatable bonds is 0. The van der Waals surface area contributed by atoms with E-state index in [0.717, 1.165) is 16.7 Å². The predicted molar refractivity (Wildman–Crippen MR) is 227 cm³/mol. The van der Waals surface area contributed by atoms with Crippen molar-refractivity contribution in [1.29, 1.82) is 0 Å². The number of aryl methyl sites for hydroxylation is 10. The average molecular weight is 731 g/mol. The molecule has 10 heteroatoms. The highest BCUT2D eigenvalue weighted by Gasteiger charge is 2.03. The maximum Gasteiger partial charge on any atom is 0.0926 e. The summed E-state index contributed by atoms with van der Waals surface area (Å²) in [7, 11) is 5.88. The highest BCUT2D eigenvalue weighted by Crippen LogP contribution is 2.20. The fourth-order valence-electron chi connectivity index (χ4n) is 6.66. The Morgan fingerprint density at radius 3 is 1.89 bits per heavy atom. The number of hydrogen-bond donors (Lipinski definition) is 2. The highest BCUT2D eigenvalue weighted by molar-refractivity contribution is 5.85. The molecule has 0 radical (unpaired) electrons. The van der Waals surface area contributed by atoms with Gasteiger partial charge in [-0.15, -0.1) is 0 Å². The lowest BCUT2D eigenvalue weighted by Crippen LogP contribution is -1.90. The van der Waals surface area contributed by atoms with Gasteiger partial charge in [0.15, 0.2) is 0 Å². The Morgan fingerprint density at radius 2 is 1.13 bits per heavy atom. The molecule has 5 aromatic heterocycles. The third-order valence-electron chi connectivity index (χ3n) is 9.89. The fourth-order valence-corrected chi connectivity index (χ4v) is 6.66. The zero-order chi connectivity index (χ0) is 39.2. The predicted octanol–water partition coefficient (Wildman–Crippen LogP) is 10.0. The van der Waals surface area contributed by atoms with Gasteiger partial charge in [-0.25, -0.2) is 0 Å². The van der Waals surface area contributed by atoms with Crippen LogP contribution in [0.2, 0.25) is 0 Å². The van der Waals surface area contributed by atoms with Gasteiger partial charge in [-0.2, -0.15) is 25.5 Å². The molecule has 0 bridgehead atoms. The Bertz CT molecular complexity index is 2760. The van der Waals surface area contributed by atoms with E-state index in [4.69, 9.17) is 0 Å². The first-order valence-electron chi connectivity index (χ1n) is 18.3. The van der Waals surface area contributed by atoms with Crippen LogP contribution in [0.1, 0.15) is 39.1 Å². The number of aromatic nitrogens is 10. The molecular weight excluding hydrogens is 681 g/mol. The fraction of sp³-hybridized carbons (Fsp3) is 0.222. The van der Waals surface area contributed by atoms with Crippen LogP contribution in [0.15, 0.2) is 110 Å². The van der Waals surface area contributed by atoms with Gasteiger partial charge in [-0.3, -0.25) is 24.2 Å². The Morgan fingerprint density at radius 1 is 0.491 bits per heavy atom. The summed E-state index contributed by atoms with van der Waals surface area (Å²) in [6, 6.07) is 29.3. The van der Waals surface area contributed by atoms with E-state index in [2.05, 4.69) is 150 Å². The van der Waals surface area contributed by atoms with Gasteiger partial charge in [0.25, 0.3) is 0 Å². The van der Waals surface area contributed by atoms with E-state index >= 15 is 0 Å². The number of aromatic amines is 2. The Kier molecular flexibility index (Phi) is 11.5. The summed E-state index contributed by atoms with van der Waals surface area (Å²) in [4.78, 5) is 0. The van der Waals surface area contributed by atoms with Crippen LogP contribution in [0.4, 0.5) is 0 Å². The zero-order valence-electron chi connectivity index (χ0n) is 33.5. The molecule has 0 unspecified atom stereocenters. The second kappa shape index (κ2) is 16.6. The molecule has 10 rings (SSSR count). The number of H-pyrrole nitrogens is 2. The number of fused-ring (bicyclic) bond motifs is 5. The minimum Gasteiger partial charge on any atom is -0.282 e. The van der Waals surface area contributed by atoms with Crippen LogP contribution >= 0.6 is 0 Å². The minimum atomic E-state index is 1.06. The number of nitrogens with zero attached hydrogens (tertiary/aromatic N) is 8. The second-order valence-electron chi connectivity index (χ2n) is 14.1. The standard InChI is InChI=1S/5C9H10N2/c1-7-3-4-9-8(5-7)6-10-11(9)2;1-7-3-4-8-6-10-11(2)9(8)5-7;1-6-3-4-8-5-10-11-9(8)7(6)2;1-7-4-3-5-8-6-10-11(2)9(7)8;1-6-4-3-5-8-9(6)7(2)10-11-8/h2*3-6H,1-2H3;3-5H,1-2H3,(H,10,11);3-6H,1-2H3;3-5H,1-2H3,(H,10,11). The smallest absolute Gasteiger partial charge is 0.0926 e. The van der Waals surface area contributed by atoms with Crippen molar-refractivity contribution in [1.82, 2.24) is 49.7 Å². The molecule has 0 aliphatic heterocycles. The third kappa shape index (κ3) is 8.65. The normalized spacial score (nSPS) is 10.7. The topological polar surface area (TPSA) is 111 Å². The van der Waals surface area contributed by atoms with Gasteiger partial charge < -0.3 is 0 Å². The summed E-state index contributed by atoms with van der Waals surface area (Å²) < 4.78 is 5.68. The molecule has 55 heavy (non-hydrogen) atoms. The van der Waals surface area contributed by atoms with Crippen LogP contribution < -0.4 is 0 Å². The van der Waals surface area contributed by atoms with Crippen molar-refractivity contribution >= 4 is 54.5 Å². The number of benzene rings is 5. The van der Waals surface area contributed by atoms with Crippen molar-refractivity contribution in [3.05, 3.63) is 149 Å². The molecule has 0 saturated carbocycles. The maximum atomic E-state index is 4.17. The molecule has 280 valence electrons. The molecule has 0 spiro atoms. The summed E-state index contributed by atoms with van der Waals surface area (Å²) in [6.07, 6.45) is 7.52. The molecule has 2 N–H and O–H groups in total. The van der Waals surface area contributed by atoms with Gasteiger partial charge in [0.1, 0.15) is 0 Å². The molecule has 0 saturated heterocycles. The first kappa shape index (κ1) is 38.2. The van der Waals surface area contributed by atoms with E-state index < -0.39 is 0 Å². The maximum absolute atomic E-state index is 4.17. The molecular formula is C45H50N10. The van der Waals surface area contributed by atoms with Crippen molar-refractivity contribution < 1.29 is 0 Å². The van der Waals surface area contributed by atoms with Gasteiger partial charge in [0.05, 0.1) is 52.4 Å². The molecule has 10 aromatic rings. The summed E-state index contributed by atoms with van der Waals surface area (Å²) >= 11 is 0. The van der Waals surface area contributed by atoms with E-state index in [-0.39, 0.29) is 0 Å². The van der Waals surface area contributed by atoms with Crippen molar-refractivity contribution in [2.24, 2.45) is 21.1 Å². The molecule has 5 aromatic carbocycles. The van der Waals surface area contributed by atoms with Crippen molar-refractivity contribution in [3.63, 3.8) is 0 Å². The van der Waals surface area contributed by atoms with Crippen LogP contribution in [-0.2, 0) is 21.1 Å². The van der Waals surface area contributed by atoms with E-state index in [1.165, 1.54) is 76.9 Å². The highest BCUT2D eigenvalue weighted by atomic mass is 15.3. The Balaban J connectivity index is 0.000000117. The molecule has 10 nitrogen and oxygen atoms in total. The van der Waals surface area contributed by atoms with Crippen molar-refractivity contribution in [3.8, 4) is 0 Å². The molecule has 0 aliphatic rings. The van der Waals surface area contributed by atoms with E-state index in [1.54, 1.807) is 0 Å². The van der Waals surface area contributed by atoms with Gasteiger partial charge in [0.2, 0.25) is 0 Å². The number of hydrogen-bond acceptors (Lipinski definition) is 5. The van der Waals surface area contributed by atoms with Gasteiger partial charge >= 0.3 is 0 Å². The SMILES string of the molecule is Cc1ccc2c(cnn2C)c1.Cc1ccc2cn[nH]c2c1C.Cc1ccc2cnn(C)c2c1.Cc1cccc2cnn(C)c12.Cc1cccc2n[nH]c(C)c12. The van der Waals surface area contributed by atoms with Crippen LogP contribution in [0.5, 0.6) is 0 Å². The summed E-state index contributed by atoms with van der Waals surface area (Å²) in [5.41, 5.74) is 14.7. The number of nitrogens with one attached hydrogen (secondary N) is 2.